The highest BCUT2D eigenvalue weighted by Gasteiger charge is 2.33. The molecule has 0 aliphatic heterocycles. The molecular weight excluding hydrogens is 264 g/mol. The summed E-state index contributed by atoms with van der Waals surface area (Å²) in [5, 5.41) is 22.6. The van der Waals surface area contributed by atoms with E-state index < -0.39 is 28.8 Å². The van der Waals surface area contributed by atoms with Crippen molar-refractivity contribution in [1.82, 2.24) is 5.32 Å². The molecule has 0 saturated heterocycles. The van der Waals surface area contributed by atoms with Gasteiger partial charge in [0, 0.05) is 12.0 Å². The Hall–Kier alpha value is -2.44. The Kier molecular flexibility index (Phi) is 5.19. The van der Waals surface area contributed by atoms with E-state index >= 15 is 0 Å². The van der Waals surface area contributed by atoms with Crippen LogP contribution < -0.4 is 5.32 Å². The molecule has 0 spiro atoms. The monoisotopic (exact) mass is 280 g/mol. The van der Waals surface area contributed by atoms with Gasteiger partial charge in [0.1, 0.15) is 0 Å². The standard InChI is InChI=1S/C13H16N2O5/c1-8(11(15(19)20)7-12(16)14-2)9-5-3-4-6-10(9)13(17)18/h3-6,8,11H,7H2,1-2H3,(H,14,16)(H,17,18). The molecule has 1 aromatic rings. The van der Waals surface area contributed by atoms with E-state index in [9.17, 15) is 19.7 Å². The predicted molar refractivity (Wildman–Crippen MR) is 71.3 cm³/mol. The zero-order chi connectivity index (χ0) is 15.3. The second-order valence-corrected chi connectivity index (χ2v) is 4.41. The molecule has 2 atom stereocenters. The van der Waals surface area contributed by atoms with Gasteiger partial charge in [0.2, 0.25) is 11.9 Å². The highest BCUT2D eigenvalue weighted by Crippen LogP contribution is 2.26. The Labute approximate surface area is 115 Å². The van der Waals surface area contributed by atoms with Gasteiger partial charge in [-0.05, 0) is 11.6 Å². The number of carbonyl (C=O) groups is 2. The lowest BCUT2D eigenvalue weighted by Crippen LogP contribution is -2.33. The van der Waals surface area contributed by atoms with Crippen molar-refractivity contribution < 1.29 is 19.6 Å². The minimum Gasteiger partial charge on any atom is -0.478 e. The van der Waals surface area contributed by atoms with Crippen molar-refractivity contribution in [2.75, 3.05) is 7.05 Å². The molecule has 0 aliphatic carbocycles. The quantitative estimate of drug-likeness (QED) is 0.602. The van der Waals surface area contributed by atoms with Crippen molar-refractivity contribution in [3.8, 4) is 0 Å². The van der Waals surface area contributed by atoms with E-state index in [0.717, 1.165) is 0 Å². The molecular formula is C13H16N2O5. The van der Waals surface area contributed by atoms with E-state index in [1.165, 1.54) is 19.2 Å². The number of carboxylic acid groups (broad SMARTS) is 1. The van der Waals surface area contributed by atoms with Crippen LogP contribution in [-0.2, 0) is 4.79 Å². The maximum absolute atomic E-state index is 11.3. The van der Waals surface area contributed by atoms with Crippen LogP contribution in [0.1, 0.15) is 35.2 Å². The van der Waals surface area contributed by atoms with Gasteiger partial charge >= 0.3 is 5.97 Å². The molecule has 20 heavy (non-hydrogen) atoms. The average Bonchev–Trinajstić information content (AvgIpc) is 2.43. The number of hydrogen-bond donors (Lipinski definition) is 2. The normalized spacial score (nSPS) is 13.3. The van der Waals surface area contributed by atoms with Crippen molar-refractivity contribution in [3.63, 3.8) is 0 Å². The molecule has 1 rings (SSSR count). The molecule has 2 unspecified atom stereocenters. The summed E-state index contributed by atoms with van der Waals surface area (Å²) in [7, 11) is 1.40. The minimum atomic E-state index is -1.17. The average molecular weight is 280 g/mol. The second-order valence-electron chi connectivity index (χ2n) is 4.41. The Morgan fingerprint density at radius 2 is 2.00 bits per heavy atom. The number of nitrogens with one attached hydrogen (secondary N) is 1. The molecule has 2 N–H and O–H groups in total. The van der Waals surface area contributed by atoms with Crippen LogP contribution in [0.5, 0.6) is 0 Å². The molecule has 7 nitrogen and oxygen atoms in total. The second kappa shape index (κ2) is 6.65. The van der Waals surface area contributed by atoms with Crippen LogP contribution in [0.3, 0.4) is 0 Å². The van der Waals surface area contributed by atoms with Gasteiger partial charge in [0.15, 0.2) is 0 Å². The lowest BCUT2D eigenvalue weighted by molar-refractivity contribution is -0.525. The lowest BCUT2D eigenvalue weighted by Gasteiger charge is -2.18. The van der Waals surface area contributed by atoms with Gasteiger partial charge < -0.3 is 10.4 Å². The first kappa shape index (κ1) is 15.6. The summed E-state index contributed by atoms with van der Waals surface area (Å²) in [4.78, 5) is 33.1. The summed E-state index contributed by atoms with van der Waals surface area (Å²) in [5.74, 6) is -2.28. The smallest absolute Gasteiger partial charge is 0.335 e. The van der Waals surface area contributed by atoms with E-state index in [2.05, 4.69) is 5.32 Å². The maximum atomic E-state index is 11.3. The molecule has 0 aromatic heterocycles. The van der Waals surface area contributed by atoms with Gasteiger partial charge in [-0.2, -0.15) is 0 Å². The summed E-state index contributed by atoms with van der Waals surface area (Å²) in [6.07, 6.45) is -0.293. The highest BCUT2D eigenvalue weighted by molar-refractivity contribution is 5.89. The number of nitrogens with zero attached hydrogens (tertiary/aromatic N) is 1. The van der Waals surface area contributed by atoms with E-state index in [0.29, 0.717) is 5.56 Å². The fraction of sp³-hybridized carbons (Fsp3) is 0.385. The van der Waals surface area contributed by atoms with Crippen LogP contribution in [-0.4, -0.2) is 35.0 Å². The zero-order valence-corrected chi connectivity index (χ0v) is 11.2. The maximum Gasteiger partial charge on any atom is 0.335 e. The van der Waals surface area contributed by atoms with Gasteiger partial charge in [0.05, 0.1) is 17.9 Å². The Balaban J connectivity index is 3.12. The van der Waals surface area contributed by atoms with E-state index in [1.807, 2.05) is 0 Å². The number of nitro groups is 1. The van der Waals surface area contributed by atoms with Crippen LogP contribution in [0, 0.1) is 10.1 Å². The van der Waals surface area contributed by atoms with E-state index in [-0.39, 0.29) is 12.0 Å². The third kappa shape index (κ3) is 3.53. The molecule has 0 aliphatic rings. The van der Waals surface area contributed by atoms with Gasteiger partial charge in [-0.1, -0.05) is 25.1 Å². The van der Waals surface area contributed by atoms with Crippen LogP contribution >= 0.6 is 0 Å². The number of rotatable bonds is 6. The van der Waals surface area contributed by atoms with E-state index in [1.54, 1.807) is 19.1 Å². The molecule has 1 amide bonds. The zero-order valence-electron chi connectivity index (χ0n) is 11.2. The van der Waals surface area contributed by atoms with Crippen molar-refractivity contribution in [1.29, 1.82) is 0 Å². The number of aromatic carboxylic acids is 1. The van der Waals surface area contributed by atoms with Gasteiger partial charge in [0.25, 0.3) is 0 Å². The molecule has 1 aromatic carbocycles. The van der Waals surface area contributed by atoms with Gasteiger partial charge in [-0.3, -0.25) is 14.9 Å². The Morgan fingerprint density at radius 3 is 2.50 bits per heavy atom. The number of carbonyl (C=O) groups excluding carboxylic acids is 1. The van der Waals surface area contributed by atoms with Crippen molar-refractivity contribution in [2.24, 2.45) is 0 Å². The fourth-order valence-electron chi connectivity index (χ4n) is 2.02. The Morgan fingerprint density at radius 1 is 1.40 bits per heavy atom. The molecule has 0 saturated carbocycles. The summed E-state index contributed by atoms with van der Waals surface area (Å²) >= 11 is 0. The van der Waals surface area contributed by atoms with Crippen LogP contribution in [0.2, 0.25) is 0 Å². The minimum absolute atomic E-state index is 0.0174. The SMILES string of the molecule is CNC(=O)CC(C(C)c1ccccc1C(=O)O)[N+](=O)[O-]. The number of benzene rings is 1. The molecule has 108 valence electrons. The van der Waals surface area contributed by atoms with E-state index in [4.69, 9.17) is 5.11 Å². The molecule has 0 heterocycles. The third-order valence-electron chi connectivity index (χ3n) is 3.20. The fourth-order valence-corrected chi connectivity index (χ4v) is 2.02. The van der Waals surface area contributed by atoms with Gasteiger partial charge in [-0.25, -0.2) is 4.79 Å². The molecule has 7 heteroatoms. The van der Waals surface area contributed by atoms with Crippen molar-refractivity contribution in [2.45, 2.75) is 25.3 Å². The number of hydrogen-bond acceptors (Lipinski definition) is 4. The van der Waals surface area contributed by atoms with Crippen molar-refractivity contribution >= 4 is 11.9 Å². The number of carboxylic acids is 1. The Bertz CT molecular complexity index is 529. The lowest BCUT2D eigenvalue weighted by atomic mass is 9.88. The predicted octanol–water partition coefficient (Wildman–Crippen LogP) is 1.27. The first-order valence-electron chi connectivity index (χ1n) is 6.04. The molecule has 0 fully saturated rings. The first-order valence-corrected chi connectivity index (χ1v) is 6.04. The summed E-state index contributed by atoms with van der Waals surface area (Å²) in [5.41, 5.74) is 0.370. The van der Waals surface area contributed by atoms with Crippen LogP contribution in [0.15, 0.2) is 24.3 Å². The first-order chi connectivity index (χ1) is 9.38. The van der Waals surface area contributed by atoms with Crippen LogP contribution in [0.4, 0.5) is 0 Å². The van der Waals surface area contributed by atoms with Crippen molar-refractivity contribution in [3.05, 3.63) is 45.5 Å². The van der Waals surface area contributed by atoms with Crippen LogP contribution in [0.25, 0.3) is 0 Å². The highest BCUT2D eigenvalue weighted by atomic mass is 16.6. The summed E-state index contributed by atoms with van der Waals surface area (Å²) in [6.45, 7) is 1.55. The molecule has 0 radical (unpaired) electrons. The third-order valence-corrected chi connectivity index (χ3v) is 3.20. The topological polar surface area (TPSA) is 110 Å². The van der Waals surface area contributed by atoms with Gasteiger partial charge in [-0.15, -0.1) is 0 Å². The summed E-state index contributed by atoms with van der Waals surface area (Å²) < 4.78 is 0. The number of amides is 1. The largest absolute Gasteiger partial charge is 0.478 e. The molecule has 0 bridgehead atoms. The summed E-state index contributed by atoms with van der Waals surface area (Å²) in [6, 6.07) is 4.93.